The van der Waals surface area contributed by atoms with Crippen molar-refractivity contribution in [1.82, 2.24) is 0 Å². The van der Waals surface area contributed by atoms with Crippen molar-refractivity contribution >= 4 is 27.7 Å². The fourth-order valence-corrected chi connectivity index (χ4v) is 1.43. The first-order valence-corrected chi connectivity index (χ1v) is 4.27. The fourth-order valence-electron chi connectivity index (χ4n) is 0.999. The van der Waals surface area contributed by atoms with Gasteiger partial charge in [0.25, 0.3) is 0 Å². The van der Waals surface area contributed by atoms with Gasteiger partial charge in [-0.05, 0) is 12.1 Å². The first kappa shape index (κ1) is 9.26. The van der Waals surface area contributed by atoms with Gasteiger partial charge in [0.15, 0.2) is 0 Å². The largest absolute Gasteiger partial charge is 0.388 e. The summed E-state index contributed by atoms with van der Waals surface area (Å²) in [6.07, 6.45) is 1.49. The number of benzene rings is 1. The Bertz CT molecular complexity index is 310. The number of nitrogens with one attached hydrogen (secondary N) is 1. The summed E-state index contributed by atoms with van der Waals surface area (Å²) in [6, 6.07) is 3.22. The second-order valence-electron chi connectivity index (χ2n) is 2.30. The first-order valence-electron chi connectivity index (χ1n) is 3.48. The van der Waals surface area contributed by atoms with Crippen molar-refractivity contribution in [1.29, 1.82) is 0 Å². The molecule has 0 spiro atoms. The van der Waals surface area contributed by atoms with Crippen LogP contribution in [0.1, 0.15) is 5.56 Å². The minimum atomic E-state index is -0.274. The third-order valence-corrected chi connectivity index (χ3v) is 2.03. The molecule has 0 saturated carbocycles. The second kappa shape index (κ2) is 3.72. The van der Waals surface area contributed by atoms with Crippen molar-refractivity contribution < 1.29 is 4.39 Å². The minimum Gasteiger partial charge on any atom is -0.388 e. The molecule has 64 valence electrons. The molecule has 1 N–H and O–H groups in total. The molecule has 0 bridgehead atoms. The van der Waals surface area contributed by atoms with Crippen molar-refractivity contribution in [2.75, 3.05) is 12.4 Å². The van der Waals surface area contributed by atoms with E-state index in [4.69, 9.17) is 0 Å². The highest BCUT2D eigenvalue weighted by atomic mass is 79.9. The molecule has 1 aromatic carbocycles. The third-order valence-electron chi connectivity index (χ3n) is 1.57. The van der Waals surface area contributed by atoms with Crippen LogP contribution in [-0.2, 0) is 0 Å². The summed E-state index contributed by atoms with van der Waals surface area (Å²) in [7, 11) is 1.74. The Labute approximate surface area is 79.4 Å². The summed E-state index contributed by atoms with van der Waals surface area (Å²) in [4.78, 5) is 0. The molecule has 0 aliphatic rings. The van der Waals surface area contributed by atoms with E-state index in [0.29, 0.717) is 5.56 Å². The fraction of sp³-hybridized carbons (Fsp3) is 0.111. The lowest BCUT2D eigenvalue weighted by atomic mass is 10.1. The first-order chi connectivity index (χ1) is 5.69. The quantitative estimate of drug-likeness (QED) is 0.822. The molecule has 1 rings (SSSR count). The molecule has 0 aromatic heterocycles. The maximum atomic E-state index is 13.2. The van der Waals surface area contributed by atoms with Gasteiger partial charge in [0.1, 0.15) is 5.82 Å². The van der Waals surface area contributed by atoms with Crippen LogP contribution in [0.4, 0.5) is 10.1 Å². The smallest absolute Gasteiger partial charge is 0.133 e. The Hall–Kier alpha value is -0.830. The van der Waals surface area contributed by atoms with Crippen molar-refractivity contribution in [2.45, 2.75) is 0 Å². The molecule has 0 aliphatic heterocycles. The third kappa shape index (κ3) is 1.67. The molecule has 0 unspecified atom stereocenters. The molecule has 0 atom stereocenters. The van der Waals surface area contributed by atoms with E-state index in [1.165, 1.54) is 12.1 Å². The van der Waals surface area contributed by atoms with E-state index in [0.717, 1.165) is 10.2 Å². The van der Waals surface area contributed by atoms with Crippen LogP contribution in [0.15, 0.2) is 23.2 Å². The van der Waals surface area contributed by atoms with Crippen molar-refractivity contribution in [3.8, 4) is 0 Å². The molecule has 3 heteroatoms. The van der Waals surface area contributed by atoms with E-state index >= 15 is 0 Å². The molecular formula is C9H9BrFN. The molecular weight excluding hydrogens is 221 g/mol. The summed E-state index contributed by atoms with van der Waals surface area (Å²) in [5.74, 6) is -0.274. The molecule has 0 fully saturated rings. The monoisotopic (exact) mass is 229 g/mol. The Morgan fingerprint density at radius 3 is 2.75 bits per heavy atom. The zero-order chi connectivity index (χ0) is 9.14. The minimum absolute atomic E-state index is 0.274. The van der Waals surface area contributed by atoms with Gasteiger partial charge in [0.05, 0.1) is 0 Å². The number of hydrogen-bond donors (Lipinski definition) is 1. The topological polar surface area (TPSA) is 12.0 Å². The van der Waals surface area contributed by atoms with Gasteiger partial charge in [0, 0.05) is 22.8 Å². The van der Waals surface area contributed by atoms with Gasteiger partial charge in [-0.2, -0.15) is 0 Å². The molecule has 0 saturated heterocycles. The molecule has 0 aliphatic carbocycles. The number of hydrogen-bond acceptors (Lipinski definition) is 1. The predicted molar refractivity (Wildman–Crippen MR) is 53.7 cm³/mol. The van der Waals surface area contributed by atoms with Crippen LogP contribution in [0.25, 0.3) is 6.08 Å². The summed E-state index contributed by atoms with van der Waals surface area (Å²) in [6.45, 7) is 3.53. The van der Waals surface area contributed by atoms with E-state index in [1.54, 1.807) is 13.1 Å². The van der Waals surface area contributed by atoms with Gasteiger partial charge in [-0.15, -0.1) is 0 Å². The van der Waals surface area contributed by atoms with Crippen LogP contribution in [0.2, 0.25) is 0 Å². The summed E-state index contributed by atoms with van der Waals surface area (Å²) < 4.78 is 13.9. The Morgan fingerprint density at radius 1 is 1.58 bits per heavy atom. The second-order valence-corrected chi connectivity index (χ2v) is 3.22. The predicted octanol–water partition coefficient (Wildman–Crippen LogP) is 3.27. The number of halogens is 2. The average molecular weight is 230 g/mol. The van der Waals surface area contributed by atoms with E-state index < -0.39 is 0 Å². The van der Waals surface area contributed by atoms with Crippen LogP contribution in [0, 0.1) is 5.82 Å². The molecule has 1 aromatic rings. The van der Waals surface area contributed by atoms with E-state index in [2.05, 4.69) is 27.8 Å². The van der Waals surface area contributed by atoms with Gasteiger partial charge in [-0.25, -0.2) is 4.39 Å². The summed E-state index contributed by atoms with van der Waals surface area (Å²) in [5.41, 5.74) is 1.23. The standard InChI is InChI=1S/C9H9BrFN/c1-3-7-8(11)4-6(10)5-9(7)12-2/h3-5,12H,1H2,2H3. The summed E-state index contributed by atoms with van der Waals surface area (Å²) in [5, 5.41) is 2.89. The SMILES string of the molecule is C=Cc1c(F)cc(Br)cc1NC. The Balaban J connectivity index is 3.33. The molecule has 1 nitrogen and oxygen atoms in total. The lowest BCUT2D eigenvalue weighted by molar-refractivity contribution is 0.625. The highest BCUT2D eigenvalue weighted by Crippen LogP contribution is 2.25. The van der Waals surface area contributed by atoms with E-state index in [9.17, 15) is 4.39 Å². The van der Waals surface area contributed by atoms with Crippen molar-refractivity contribution in [3.05, 3.63) is 34.6 Å². The maximum absolute atomic E-state index is 13.2. The van der Waals surface area contributed by atoms with Crippen molar-refractivity contribution in [2.24, 2.45) is 0 Å². The highest BCUT2D eigenvalue weighted by molar-refractivity contribution is 9.10. The zero-order valence-electron chi connectivity index (χ0n) is 6.70. The van der Waals surface area contributed by atoms with Crippen LogP contribution in [0.3, 0.4) is 0 Å². The highest BCUT2D eigenvalue weighted by Gasteiger charge is 2.05. The van der Waals surface area contributed by atoms with Crippen LogP contribution in [-0.4, -0.2) is 7.05 Å². The Kier molecular flexibility index (Phi) is 2.87. The van der Waals surface area contributed by atoms with Gasteiger partial charge in [0.2, 0.25) is 0 Å². The van der Waals surface area contributed by atoms with E-state index in [-0.39, 0.29) is 5.82 Å². The molecule has 12 heavy (non-hydrogen) atoms. The number of rotatable bonds is 2. The maximum Gasteiger partial charge on any atom is 0.133 e. The van der Waals surface area contributed by atoms with Gasteiger partial charge >= 0.3 is 0 Å². The van der Waals surface area contributed by atoms with Crippen molar-refractivity contribution in [3.63, 3.8) is 0 Å². The van der Waals surface area contributed by atoms with Crippen LogP contribution in [0.5, 0.6) is 0 Å². The zero-order valence-corrected chi connectivity index (χ0v) is 8.28. The molecule has 0 amide bonds. The van der Waals surface area contributed by atoms with Gasteiger partial charge < -0.3 is 5.32 Å². The molecule has 0 heterocycles. The van der Waals surface area contributed by atoms with Crippen LogP contribution >= 0.6 is 15.9 Å². The lowest BCUT2D eigenvalue weighted by Gasteiger charge is -2.06. The van der Waals surface area contributed by atoms with Gasteiger partial charge in [-0.1, -0.05) is 28.6 Å². The number of anilines is 1. The summed E-state index contributed by atoms with van der Waals surface area (Å²) >= 11 is 3.20. The Morgan fingerprint density at radius 2 is 2.25 bits per heavy atom. The normalized spacial score (nSPS) is 9.58. The van der Waals surface area contributed by atoms with Crippen LogP contribution < -0.4 is 5.32 Å². The lowest BCUT2D eigenvalue weighted by Crippen LogP contribution is -1.94. The average Bonchev–Trinajstić information content (AvgIpc) is 2.03. The van der Waals surface area contributed by atoms with Gasteiger partial charge in [-0.3, -0.25) is 0 Å². The van der Waals surface area contributed by atoms with E-state index in [1.807, 2.05) is 0 Å². The molecule has 0 radical (unpaired) electrons.